The molecule has 1 saturated heterocycles. The minimum atomic E-state index is -3.59. The summed E-state index contributed by atoms with van der Waals surface area (Å²) in [6, 6.07) is 2.83. The van der Waals surface area contributed by atoms with Crippen molar-refractivity contribution in [2.75, 3.05) is 11.6 Å². The minimum absolute atomic E-state index is 0.0175. The van der Waals surface area contributed by atoms with Crippen molar-refractivity contribution >= 4 is 50.4 Å². The predicted molar refractivity (Wildman–Crippen MR) is 117 cm³/mol. The van der Waals surface area contributed by atoms with Crippen LogP contribution in [0.1, 0.15) is 40.8 Å². The van der Waals surface area contributed by atoms with Gasteiger partial charge in [0.15, 0.2) is 28.3 Å². The molecule has 1 N–H and O–H groups in total. The Hall–Kier alpha value is -2.37. The Balaban J connectivity index is 2.23. The molecule has 0 saturated carbocycles. The van der Waals surface area contributed by atoms with Gasteiger partial charge in [-0.15, -0.1) is 0 Å². The molecule has 0 bridgehead atoms. The first kappa shape index (κ1) is 24.3. The van der Waals surface area contributed by atoms with Gasteiger partial charge in [0.1, 0.15) is 0 Å². The lowest BCUT2D eigenvalue weighted by molar-refractivity contribution is -0.165. The van der Waals surface area contributed by atoms with Crippen LogP contribution in [-0.2, 0) is 33.6 Å². The van der Waals surface area contributed by atoms with Gasteiger partial charge in [-0.1, -0.05) is 11.6 Å². The van der Waals surface area contributed by atoms with Crippen molar-refractivity contribution in [3.63, 3.8) is 0 Å². The summed E-state index contributed by atoms with van der Waals surface area (Å²) < 4.78 is 42.8. The molecule has 0 amide bonds. The number of aromatic nitrogens is 2. The number of nitrogens with one attached hydrogen (secondary N) is 1. The summed E-state index contributed by atoms with van der Waals surface area (Å²) in [6.45, 7) is 8.02. The maximum Gasteiger partial charge on any atom is 0.303 e. The number of nitrogens with zero attached hydrogens (tertiary/aromatic N) is 2. The molecule has 0 spiro atoms. The predicted octanol–water partition coefficient (Wildman–Crippen LogP) is 2.69. The molecule has 1 fully saturated rings. The zero-order valence-electron chi connectivity index (χ0n) is 18.6. The van der Waals surface area contributed by atoms with E-state index in [2.05, 4.69) is 10.3 Å². The molecule has 12 heteroatoms. The highest BCUT2D eigenvalue weighted by Crippen LogP contribution is 2.39. The SMILES string of the molecule is CC(=O)O[C@@H]1[C@@H](C)OC(n2c(NC(C)C)nc3cc(S(C)(=O)=O)c(Cl)cc32)[C@@H]1OC(C)=O. The third-order valence-corrected chi connectivity index (χ3v) is 6.40. The molecule has 1 aliphatic heterocycles. The number of carbonyl (C=O) groups excluding carboxylic acids is 2. The van der Waals surface area contributed by atoms with Crippen LogP contribution in [0, 0.1) is 0 Å². The van der Waals surface area contributed by atoms with Crippen molar-refractivity contribution in [3.05, 3.63) is 17.2 Å². The van der Waals surface area contributed by atoms with Crippen molar-refractivity contribution in [1.29, 1.82) is 0 Å². The zero-order chi connectivity index (χ0) is 24.0. The Morgan fingerprint density at radius 2 is 1.78 bits per heavy atom. The second-order valence-electron chi connectivity index (χ2n) is 8.03. The summed E-state index contributed by atoms with van der Waals surface area (Å²) in [5.41, 5.74) is 0.815. The average molecular weight is 488 g/mol. The standard InChI is InChI=1S/C20H26ClN3O7S/c1-9(2)22-20-23-14-8-16(32(6,27)28)13(21)7-15(14)24(20)19-18(31-12(5)26)17(10(3)29-19)30-11(4)25/h7-10,17-19H,1-6H3,(H,22,23)/t10-,17-,18-,19?/m1/s1. The van der Waals surface area contributed by atoms with Crippen molar-refractivity contribution in [2.24, 2.45) is 0 Å². The van der Waals surface area contributed by atoms with Crippen LogP contribution in [0.5, 0.6) is 0 Å². The van der Waals surface area contributed by atoms with Crippen molar-refractivity contribution < 1.29 is 32.2 Å². The van der Waals surface area contributed by atoms with E-state index in [1.807, 2.05) is 13.8 Å². The molecule has 10 nitrogen and oxygen atoms in total. The highest BCUT2D eigenvalue weighted by Gasteiger charge is 2.49. The third-order valence-electron chi connectivity index (χ3n) is 4.84. The minimum Gasteiger partial charge on any atom is -0.456 e. The molecular formula is C20H26ClN3O7S. The lowest BCUT2D eigenvalue weighted by atomic mass is 10.1. The van der Waals surface area contributed by atoms with E-state index >= 15 is 0 Å². The molecule has 1 aliphatic rings. The molecule has 1 aromatic carbocycles. The molecule has 32 heavy (non-hydrogen) atoms. The molecular weight excluding hydrogens is 462 g/mol. The van der Waals surface area contributed by atoms with Gasteiger partial charge in [0, 0.05) is 26.1 Å². The van der Waals surface area contributed by atoms with E-state index in [4.69, 9.17) is 25.8 Å². The normalized spacial score (nSPS) is 23.5. The van der Waals surface area contributed by atoms with E-state index in [-0.39, 0.29) is 16.0 Å². The molecule has 3 rings (SSSR count). The van der Waals surface area contributed by atoms with Gasteiger partial charge in [0.05, 0.1) is 27.1 Å². The number of carbonyl (C=O) groups is 2. The van der Waals surface area contributed by atoms with Gasteiger partial charge in [-0.05, 0) is 32.9 Å². The molecule has 0 aliphatic carbocycles. The van der Waals surface area contributed by atoms with E-state index in [0.29, 0.717) is 17.0 Å². The van der Waals surface area contributed by atoms with Gasteiger partial charge in [-0.25, -0.2) is 13.4 Å². The highest BCUT2D eigenvalue weighted by atomic mass is 35.5. The Morgan fingerprint density at radius 3 is 2.31 bits per heavy atom. The Kier molecular flexibility index (Phi) is 6.73. The van der Waals surface area contributed by atoms with Crippen LogP contribution >= 0.6 is 11.6 Å². The number of benzene rings is 1. The molecule has 1 unspecified atom stereocenters. The lowest BCUT2D eigenvalue weighted by Gasteiger charge is -2.25. The van der Waals surface area contributed by atoms with Crippen molar-refractivity contribution in [2.45, 2.75) is 70.1 Å². The summed E-state index contributed by atoms with van der Waals surface area (Å²) in [6.07, 6.45) is -2.26. The number of rotatable bonds is 6. The van der Waals surface area contributed by atoms with E-state index in [1.165, 1.54) is 26.0 Å². The van der Waals surface area contributed by atoms with E-state index in [9.17, 15) is 18.0 Å². The molecule has 4 atom stereocenters. The summed E-state index contributed by atoms with van der Waals surface area (Å²) in [5.74, 6) is -0.760. The van der Waals surface area contributed by atoms with E-state index in [1.54, 1.807) is 11.5 Å². The number of anilines is 1. The van der Waals surface area contributed by atoms with Crippen LogP contribution in [0.4, 0.5) is 5.95 Å². The van der Waals surface area contributed by atoms with Gasteiger partial charge in [0.25, 0.3) is 0 Å². The largest absolute Gasteiger partial charge is 0.456 e. The average Bonchev–Trinajstić information content (AvgIpc) is 3.10. The number of halogens is 1. The molecule has 1 aromatic heterocycles. The van der Waals surface area contributed by atoms with Crippen LogP contribution in [0.3, 0.4) is 0 Å². The maximum absolute atomic E-state index is 12.1. The third kappa shape index (κ3) is 4.84. The smallest absolute Gasteiger partial charge is 0.303 e. The fraction of sp³-hybridized carbons (Fsp3) is 0.550. The Labute approximate surface area is 191 Å². The second kappa shape index (κ2) is 8.87. The summed E-state index contributed by atoms with van der Waals surface area (Å²) in [4.78, 5) is 28.0. The zero-order valence-corrected chi connectivity index (χ0v) is 20.2. The molecule has 176 valence electrons. The lowest BCUT2D eigenvalue weighted by Crippen LogP contribution is -2.38. The van der Waals surface area contributed by atoms with Gasteiger partial charge < -0.3 is 19.5 Å². The van der Waals surface area contributed by atoms with Crippen LogP contribution in [0.15, 0.2) is 17.0 Å². The number of imidazole rings is 1. The first-order valence-corrected chi connectivity index (χ1v) is 12.2. The fourth-order valence-electron chi connectivity index (χ4n) is 3.68. The van der Waals surface area contributed by atoms with Gasteiger partial charge in [-0.2, -0.15) is 0 Å². The fourth-order valence-corrected chi connectivity index (χ4v) is 5.00. The summed E-state index contributed by atoms with van der Waals surface area (Å²) >= 11 is 6.29. The van der Waals surface area contributed by atoms with Crippen LogP contribution < -0.4 is 5.32 Å². The summed E-state index contributed by atoms with van der Waals surface area (Å²) in [7, 11) is -3.59. The van der Waals surface area contributed by atoms with Crippen LogP contribution in [0.2, 0.25) is 5.02 Å². The molecule has 2 aromatic rings. The van der Waals surface area contributed by atoms with Gasteiger partial charge in [0.2, 0.25) is 5.95 Å². The monoisotopic (exact) mass is 487 g/mol. The first-order valence-electron chi connectivity index (χ1n) is 9.97. The Morgan fingerprint density at radius 1 is 1.19 bits per heavy atom. The number of fused-ring (bicyclic) bond motifs is 1. The highest BCUT2D eigenvalue weighted by molar-refractivity contribution is 7.90. The van der Waals surface area contributed by atoms with Crippen molar-refractivity contribution in [3.8, 4) is 0 Å². The van der Waals surface area contributed by atoms with E-state index < -0.39 is 46.3 Å². The Bertz CT molecular complexity index is 1160. The number of hydrogen-bond donors (Lipinski definition) is 1. The van der Waals surface area contributed by atoms with Crippen LogP contribution in [-0.4, -0.2) is 60.5 Å². The van der Waals surface area contributed by atoms with Crippen LogP contribution in [0.25, 0.3) is 11.0 Å². The number of hydrogen-bond acceptors (Lipinski definition) is 9. The number of ether oxygens (including phenoxy) is 3. The van der Waals surface area contributed by atoms with E-state index in [0.717, 1.165) is 6.26 Å². The van der Waals surface area contributed by atoms with Gasteiger partial charge >= 0.3 is 11.9 Å². The molecule has 2 heterocycles. The number of esters is 2. The first-order chi connectivity index (χ1) is 14.8. The quantitative estimate of drug-likeness (QED) is 0.612. The van der Waals surface area contributed by atoms with Gasteiger partial charge in [-0.3, -0.25) is 14.2 Å². The molecule has 0 radical (unpaired) electrons. The van der Waals surface area contributed by atoms with Crippen molar-refractivity contribution in [1.82, 2.24) is 9.55 Å². The maximum atomic E-state index is 12.1. The second-order valence-corrected chi connectivity index (χ2v) is 10.4. The number of sulfone groups is 1. The topological polar surface area (TPSA) is 126 Å². The summed E-state index contributed by atoms with van der Waals surface area (Å²) in [5, 5.41) is 3.21.